The molecular weight excluding hydrogens is 206 g/mol. The fraction of sp³-hybridized carbons (Fsp3) is 1.00. The maximum absolute atomic E-state index is 10.9. The van der Waals surface area contributed by atoms with E-state index in [0.717, 1.165) is 12.3 Å². The Kier molecular flexibility index (Phi) is 5.27. The van der Waals surface area contributed by atoms with Crippen molar-refractivity contribution in [3.8, 4) is 0 Å². The molecule has 1 aliphatic carbocycles. The lowest BCUT2D eigenvalue weighted by Crippen LogP contribution is -2.31. The van der Waals surface area contributed by atoms with Crippen LogP contribution < -0.4 is 5.32 Å². The second-order valence-electron chi connectivity index (χ2n) is 5.52. The van der Waals surface area contributed by atoms with E-state index in [9.17, 15) is 4.21 Å². The van der Waals surface area contributed by atoms with Gasteiger partial charge in [0.1, 0.15) is 0 Å². The van der Waals surface area contributed by atoms with Crippen molar-refractivity contribution in [2.75, 3.05) is 18.6 Å². The predicted molar refractivity (Wildman–Crippen MR) is 67.6 cm³/mol. The SMILES string of the molecule is CS(=O)CCNC1CCCC(C)(C)CC1. The van der Waals surface area contributed by atoms with Crippen LogP contribution in [0.5, 0.6) is 0 Å². The number of nitrogens with one attached hydrogen (secondary N) is 1. The van der Waals surface area contributed by atoms with Crippen molar-refractivity contribution in [2.24, 2.45) is 5.41 Å². The van der Waals surface area contributed by atoms with Gasteiger partial charge in [0.25, 0.3) is 0 Å². The van der Waals surface area contributed by atoms with E-state index < -0.39 is 10.8 Å². The quantitative estimate of drug-likeness (QED) is 0.752. The van der Waals surface area contributed by atoms with Gasteiger partial charge in [-0.1, -0.05) is 20.3 Å². The molecule has 0 aromatic heterocycles. The summed E-state index contributed by atoms with van der Waals surface area (Å²) in [5, 5.41) is 3.54. The van der Waals surface area contributed by atoms with E-state index in [2.05, 4.69) is 19.2 Å². The van der Waals surface area contributed by atoms with Gasteiger partial charge in [0, 0.05) is 35.4 Å². The van der Waals surface area contributed by atoms with Crippen molar-refractivity contribution in [3.05, 3.63) is 0 Å². The Hall–Kier alpha value is 0.110. The van der Waals surface area contributed by atoms with Crippen molar-refractivity contribution in [3.63, 3.8) is 0 Å². The third-order valence-corrected chi connectivity index (χ3v) is 4.18. The molecule has 0 heterocycles. The summed E-state index contributed by atoms with van der Waals surface area (Å²) in [5.74, 6) is 0.792. The Bertz CT molecular complexity index is 216. The third-order valence-electron chi connectivity index (χ3n) is 3.40. The molecule has 0 saturated heterocycles. The molecule has 90 valence electrons. The molecule has 1 saturated carbocycles. The highest BCUT2D eigenvalue weighted by atomic mass is 32.2. The van der Waals surface area contributed by atoms with Gasteiger partial charge in [-0.25, -0.2) is 0 Å². The lowest BCUT2D eigenvalue weighted by molar-refractivity contribution is 0.310. The van der Waals surface area contributed by atoms with E-state index >= 15 is 0 Å². The van der Waals surface area contributed by atoms with Gasteiger partial charge in [0.15, 0.2) is 0 Å². The molecule has 1 aliphatic rings. The lowest BCUT2D eigenvalue weighted by atomic mass is 9.85. The molecule has 3 heteroatoms. The summed E-state index contributed by atoms with van der Waals surface area (Å²) in [6.07, 6.45) is 8.35. The standard InChI is InChI=1S/C12H25NOS/c1-12(2)7-4-5-11(6-8-12)13-9-10-15(3)14/h11,13H,4-10H2,1-3H3. The Morgan fingerprint density at radius 2 is 2.07 bits per heavy atom. The van der Waals surface area contributed by atoms with Crippen LogP contribution in [-0.2, 0) is 10.8 Å². The van der Waals surface area contributed by atoms with Crippen LogP contribution in [0, 0.1) is 5.41 Å². The Morgan fingerprint density at radius 3 is 2.73 bits per heavy atom. The first-order valence-electron chi connectivity index (χ1n) is 6.03. The van der Waals surface area contributed by atoms with Crippen LogP contribution in [0.4, 0.5) is 0 Å². The second-order valence-corrected chi connectivity index (χ2v) is 7.08. The van der Waals surface area contributed by atoms with Gasteiger partial charge in [-0.05, 0) is 31.1 Å². The highest BCUT2D eigenvalue weighted by molar-refractivity contribution is 7.84. The van der Waals surface area contributed by atoms with E-state index in [1.54, 1.807) is 6.26 Å². The molecule has 0 aromatic rings. The summed E-state index contributed by atoms with van der Waals surface area (Å²) in [7, 11) is -0.652. The van der Waals surface area contributed by atoms with Crippen LogP contribution in [-0.4, -0.2) is 28.8 Å². The first kappa shape index (κ1) is 13.2. The summed E-state index contributed by atoms with van der Waals surface area (Å²) in [6, 6.07) is 0.662. The molecule has 1 N–H and O–H groups in total. The van der Waals surface area contributed by atoms with Crippen molar-refractivity contribution in [1.29, 1.82) is 0 Å². The summed E-state index contributed by atoms with van der Waals surface area (Å²) in [5.41, 5.74) is 0.532. The highest BCUT2D eigenvalue weighted by Gasteiger charge is 2.23. The minimum atomic E-state index is -0.652. The Morgan fingerprint density at radius 1 is 1.33 bits per heavy atom. The van der Waals surface area contributed by atoms with E-state index in [0.29, 0.717) is 11.5 Å². The molecule has 2 nitrogen and oxygen atoms in total. The lowest BCUT2D eigenvalue weighted by Gasteiger charge is -2.22. The van der Waals surface area contributed by atoms with Crippen LogP contribution in [0.25, 0.3) is 0 Å². The van der Waals surface area contributed by atoms with Gasteiger partial charge in [-0.15, -0.1) is 0 Å². The van der Waals surface area contributed by atoms with Gasteiger partial charge in [0.05, 0.1) is 0 Å². The van der Waals surface area contributed by atoms with Crippen LogP contribution in [0.2, 0.25) is 0 Å². The average molecular weight is 231 g/mol. The van der Waals surface area contributed by atoms with Gasteiger partial charge in [-0.3, -0.25) is 4.21 Å². The van der Waals surface area contributed by atoms with E-state index in [4.69, 9.17) is 0 Å². The summed E-state index contributed by atoms with van der Waals surface area (Å²) < 4.78 is 10.9. The molecule has 1 rings (SSSR count). The molecule has 2 unspecified atom stereocenters. The Balaban J connectivity index is 2.23. The number of hydrogen-bond acceptors (Lipinski definition) is 2. The zero-order valence-electron chi connectivity index (χ0n) is 10.3. The molecule has 0 aromatic carbocycles. The molecule has 0 aliphatic heterocycles. The minimum absolute atomic E-state index is 0.532. The summed E-state index contributed by atoms with van der Waals surface area (Å²) in [4.78, 5) is 0. The van der Waals surface area contributed by atoms with Crippen molar-refractivity contribution < 1.29 is 4.21 Å². The molecule has 0 amide bonds. The van der Waals surface area contributed by atoms with Gasteiger partial charge in [0.2, 0.25) is 0 Å². The predicted octanol–water partition coefficient (Wildman–Crippen LogP) is 2.31. The summed E-state index contributed by atoms with van der Waals surface area (Å²) >= 11 is 0. The molecule has 0 spiro atoms. The molecule has 0 radical (unpaired) electrons. The molecule has 2 atom stereocenters. The second kappa shape index (κ2) is 6.00. The van der Waals surface area contributed by atoms with Crippen LogP contribution in [0.15, 0.2) is 0 Å². The number of rotatable bonds is 4. The molecule has 15 heavy (non-hydrogen) atoms. The fourth-order valence-corrected chi connectivity index (χ4v) is 2.68. The topological polar surface area (TPSA) is 29.1 Å². The average Bonchev–Trinajstić information content (AvgIpc) is 2.27. The molecule has 0 bridgehead atoms. The van der Waals surface area contributed by atoms with Crippen LogP contribution in [0.1, 0.15) is 46.0 Å². The highest BCUT2D eigenvalue weighted by Crippen LogP contribution is 2.33. The maximum Gasteiger partial charge on any atom is 0.0357 e. The zero-order valence-corrected chi connectivity index (χ0v) is 11.2. The van der Waals surface area contributed by atoms with E-state index in [-0.39, 0.29) is 0 Å². The van der Waals surface area contributed by atoms with Crippen molar-refractivity contribution >= 4 is 10.8 Å². The van der Waals surface area contributed by atoms with Gasteiger partial charge in [-0.2, -0.15) is 0 Å². The minimum Gasteiger partial charge on any atom is -0.313 e. The van der Waals surface area contributed by atoms with Crippen molar-refractivity contribution in [2.45, 2.75) is 52.0 Å². The maximum atomic E-state index is 10.9. The van der Waals surface area contributed by atoms with Gasteiger partial charge >= 0.3 is 0 Å². The largest absolute Gasteiger partial charge is 0.313 e. The monoisotopic (exact) mass is 231 g/mol. The fourth-order valence-electron chi connectivity index (χ4n) is 2.27. The Labute approximate surface area is 96.7 Å². The van der Waals surface area contributed by atoms with Crippen molar-refractivity contribution in [1.82, 2.24) is 5.32 Å². The first-order valence-corrected chi connectivity index (χ1v) is 7.76. The first-order chi connectivity index (χ1) is 6.99. The molecule has 1 fully saturated rings. The normalized spacial score (nSPS) is 28.3. The molecular formula is C12H25NOS. The zero-order chi connectivity index (χ0) is 11.3. The van der Waals surface area contributed by atoms with Crippen LogP contribution >= 0.6 is 0 Å². The van der Waals surface area contributed by atoms with Crippen LogP contribution in [0.3, 0.4) is 0 Å². The van der Waals surface area contributed by atoms with E-state index in [1.165, 1.54) is 32.1 Å². The number of hydrogen-bond donors (Lipinski definition) is 1. The van der Waals surface area contributed by atoms with E-state index in [1.807, 2.05) is 0 Å². The summed E-state index contributed by atoms with van der Waals surface area (Å²) in [6.45, 7) is 5.65. The van der Waals surface area contributed by atoms with Gasteiger partial charge < -0.3 is 5.32 Å². The smallest absolute Gasteiger partial charge is 0.0357 e. The third kappa shape index (κ3) is 5.67.